The summed E-state index contributed by atoms with van der Waals surface area (Å²) in [6.07, 6.45) is 3.31. The third-order valence-electron chi connectivity index (χ3n) is 2.98. The SMILES string of the molecule is O=c1[nH]c2ccccc2c(=O)n1CCSc1ncccn1. The normalized spacial score (nSPS) is 10.9. The van der Waals surface area contributed by atoms with Crippen LogP contribution in [0.1, 0.15) is 0 Å². The molecule has 3 aromatic rings. The minimum Gasteiger partial charge on any atom is -0.307 e. The maximum Gasteiger partial charge on any atom is 0.328 e. The lowest BCUT2D eigenvalue weighted by molar-refractivity contribution is 0.690. The van der Waals surface area contributed by atoms with Crippen LogP contribution in [-0.4, -0.2) is 25.3 Å². The molecule has 0 unspecified atom stereocenters. The van der Waals surface area contributed by atoms with Crippen LogP contribution < -0.4 is 11.2 Å². The van der Waals surface area contributed by atoms with Gasteiger partial charge >= 0.3 is 5.69 Å². The second kappa shape index (κ2) is 5.92. The maximum atomic E-state index is 12.3. The van der Waals surface area contributed by atoms with Crippen molar-refractivity contribution < 1.29 is 0 Å². The Labute approximate surface area is 123 Å². The highest BCUT2D eigenvalue weighted by Crippen LogP contribution is 2.10. The molecule has 0 saturated heterocycles. The molecule has 0 fully saturated rings. The van der Waals surface area contributed by atoms with Gasteiger partial charge in [-0.3, -0.25) is 9.36 Å². The molecule has 0 aliphatic rings. The van der Waals surface area contributed by atoms with Gasteiger partial charge in [-0.25, -0.2) is 14.8 Å². The lowest BCUT2D eigenvalue weighted by Gasteiger charge is -2.05. The Hall–Kier alpha value is -2.41. The van der Waals surface area contributed by atoms with Gasteiger partial charge < -0.3 is 4.98 Å². The molecule has 1 N–H and O–H groups in total. The molecule has 0 atom stereocenters. The largest absolute Gasteiger partial charge is 0.328 e. The van der Waals surface area contributed by atoms with E-state index >= 15 is 0 Å². The maximum absolute atomic E-state index is 12.3. The highest BCUT2D eigenvalue weighted by molar-refractivity contribution is 7.99. The van der Waals surface area contributed by atoms with Crippen molar-refractivity contribution in [2.75, 3.05) is 5.75 Å². The van der Waals surface area contributed by atoms with Crippen molar-refractivity contribution in [3.63, 3.8) is 0 Å². The monoisotopic (exact) mass is 300 g/mol. The van der Waals surface area contributed by atoms with Gasteiger partial charge in [0.25, 0.3) is 5.56 Å². The number of para-hydroxylation sites is 1. The Morgan fingerprint density at radius 3 is 2.67 bits per heavy atom. The first kappa shape index (κ1) is 13.6. The number of hydrogen-bond donors (Lipinski definition) is 1. The van der Waals surface area contributed by atoms with E-state index in [-0.39, 0.29) is 5.56 Å². The number of hydrogen-bond acceptors (Lipinski definition) is 5. The van der Waals surface area contributed by atoms with Crippen molar-refractivity contribution in [2.24, 2.45) is 0 Å². The smallest absolute Gasteiger partial charge is 0.307 e. The van der Waals surface area contributed by atoms with Crippen molar-refractivity contribution >= 4 is 22.7 Å². The van der Waals surface area contributed by atoms with Gasteiger partial charge in [0, 0.05) is 24.7 Å². The van der Waals surface area contributed by atoms with Gasteiger partial charge in [0.15, 0.2) is 5.16 Å². The molecule has 1 aromatic carbocycles. The summed E-state index contributed by atoms with van der Waals surface area (Å²) in [5.41, 5.74) is -0.111. The van der Waals surface area contributed by atoms with Crippen LogP contribution in [0.25, 0.3) is 10.9 Å². The fourth-order valence-electron chi connectivity index (χ4n) is 1.99. The van der Waals surface area contributed by atoms with Crippen molar-refractivity contribution in [3.8, 4) is 0 Å². The summed E-state index contributed by atoms with van der Waals surface area (Å²) in [5.74, 6) is 0.547. The zero-order valence-corrected chi connectivity index (χ0v) is 11.8. The summed E-state index contributed by atoms with van der Waals surface area (Å²) in [6.45, 7) is 0.307. The van der Waals surface area contributed by atoms with Crippen LogP contribution in [0.5, 0.6) is 0 Å². The van der Waals surface area contributed by atoms with Gasteiger partial charge in [-0.1, -0.05) is 23.9 Å². The first-order valence-corrected chi connectivity index (χ1v) is 7.36. The predicted octanol–water partition coefficient (Wildman–Crippen LogP) is 1.27. The molecule has 0 aliphatic heterocycles. The van der Waals surface area contributed by atoms with E-state index in [0.717, 1.165) is 0 Å². The Morgan fingerprint density at radius 1 is 1.10 bits per heavy atom. The molecule has 0 amide bonds. The molecule has 3 rings (SSSR count). The van der Waals surface area contributed by atoms with Gasteiger partial charge in [-0.05, 0) is 18.2 Å². The zero-order chi connectivity index (χ0) is 14.7. The van der Waals surface area contributed by atoms with Crippen molar-refractivity contribution in [1.29, 1.82) is 0 Å². The quantitative estimate of drug-likeness (QED) is 0.580. The van der Waals surface area contributed by atoms with Gasteiger partial charge in [0.1, 0.15) is 0 Å². The van der Waals surface area contributed by atoms with Crippen LogP contribution in [0.15, 0.2) is 57.5 Å². The molecule has 0 aliphatic carbocycles. The minimum atomic E-state index is -0.395. The fraction of sp³-hybridized carbons (Fsp3) is 0.143. The van der Waals surface area contributed by atoms with E-state index in [4.69, 9.17) is 0 Å². The van der Waals surface area contributed by atoms with Crippen molar-refractivity contribution in [2.45, 2.75) is 11.7 Å². The van der Waals surface area contributed by atoms with E-state index in [0.29, 0.717) is 28.4 Å². The van der Waals surface area contributed by atoms with E-state index in [1.165, 1.54) is 16.3 Å². The summed E-state index contributed by atoms with van der Waals surface area (Å²) >= 11 is 1.40. The lowest BCUT2D eigenvalue weighted by atomic mass is 10.2. The molecule has 0 spiro atoms. The average Bonchev–Trinajstić information content (AvgIpc) is 2.51. The second-order valence-electron chi connectivity index (χ2n) is 4.31. The number of aromatic amines is 1. The molecule has 2 aromatic heterocycles. The van der Waals surface area contributed by atoms with Crippen LogP contribution in [0.3, 0.4) is 0 Å². The molecule has 0 saturated carbocycles. The first-order chi connectivity index (χ1) is 10.3. The van der Waals surface area contributed by atoms with Crippen LogP contribution >= 0.6 is 11.8 Å². The summed E-state index contributed by atoms with van der Waals surface area (Å²) in [7, 11) is 0. The van der Waals surface area contributed by atoms with Crippen LogP contribution in [-0.2, 0) is 6.54 Å². The van der Waals surface area contributed by atoms with E-state index < -0.39 is 5.69 Å². The number of nitrogens with zero attached hydrogens (tertiary/aromatic N) is 3. The number of aromatic nitrogens is 4. The molecule has 2 heterocycles. The third-order valence-corrected chi connectivity index (χ3v) is 3.83. The predicted molar refractivity (Wildman–Crippen MR) is 81.6 cm³/mol. The van der Waals surface area contributed by atoms with E-state index in [1.54, 1.807) is 42.7 Å². The standard InChI is InChI=1S/C14H12N4O2S/c19-12-10-4-1-2-5-11(10)17-14(20)18(12)8-9-21-13-15-6-3-7-16-13/h1-7H,8-9H2,(H,17,20). The number of thioether (sulfide) groups is 1. The molecule has 21 heavy (non-hydrogen) atoms. The zero-order valence-electron chi connectivity index (χ0n) is 11.0. The number of rotatable bonds is 4. The summed E-state index contributed by atoms with van der Waals surface area (Å²) in [4.78, 5) is 35.1. The van der Waals surface area contributed by atoms with Crippen molar-refractivity contribution in [1.82, 2.24) is 19.5 Å². The Bertz CT molecular complexity index is 873. The van der Waals surface area contributed by atoms with Gasteiger partial charge in [0.05, 0.1) is 10.9 Å². The molecule has 7 heteroatoms. The Kier molecular flexibility index (Phi) is 3.83. The second-order valence-corrected chi connectivity index (χ2v) is 5.37. The highest BCUT2D eigenvalue weighted by Gasteiger charge is 2.07. The highest BCUT2D eigenvalue weighted by atomic mass is 32.2. The minimum absolute atomic E-state index is 0.274. The van der Waals surface area contributed by atoms with Gasteiger partial charge in [-0.2, -0.15) is 0 Å². The van der Waals surface area contributed by atoms with E-state index in [2.05, 4.69) is 15.0 Å². The topological polar surface area (TPSA) is 80.6 Å². The number of H-pyrrole nitrogens is 1. The molecule has 106 valence electrons. The number of nitrogens with one attached hydrogen (secondary N) is 1. The molecule has 0 radical (unpaired) electrons. The Balaban J connectivity index is 1.84. The van der Waals surface area contributed by atoms with Crippen LogP contribution in [0.4, 0.5) is 0 Å². The fourth-order valence-corrected chi connectivity index (χ4v) is 2.72. The van der Waals surface area contributed by atoms with Gasteiger partial charge in [0.2, 0.25) is 0 Å². The lowest BCUT2D eigenvalue weighted by Crippen LogP contribution is -2.35. The summed E-state index contributed by atoms with van der Waals surface area (Å²) < 4.78 is 1.21. The first-order valence-electron chi connectivity index (χ1n) is 6.37. The Morgan fingerprint density at radius 2 is 1.86 bits per heavy atom. The van der Waals surface area contributed by atoms with E-state index in [9.17, 15) is 9.59 Å². The molecule has 6 nitrogen and oxygen atoms in total. The molecule has 0 bridgehead atoms. The van der Waals surface area contributed by atoms with Gasteiger partial charge in [-0.15, -0.1) is 0 Å². The molecular formula is C14H12N4O2S. The summed E-state index contributed by atoms with van der Waals surface area (Å²) in [6, 6.07) is 8.72. The van der Waals surface area contributed by atoms with Crippen LogP contribution in [0, 0.1) is 0 Å². The molecular weight excluding hydrogens is 288 g/mol. The average molecular weight is 300 g/mol. The number of benzene rings is 1. The van der Waals surface area contributed by atoms with Crippen molar-refractivity contribution in [3.05, 3.63) is 63.6 Å². The van der Waals surface area contributed by atoms with Crippen LogP contribution in [0.2, 0.25) is 0 Å². The third kappa shape index (κ3) is 2.87. The number of fused-ring (bicyclic) bond motifs is 1. The van der Waals surface area contributed by atoms with E-state index in [1.807, 2.05) is 0 Å². The summed E-state index contributed by atoms with van der Waals surface area (Å²) in [5, 5.41) is 1.14.